The monoisotopic (exact) mass is 300 g/mol. The maximum atomic E-state index is 9.70. The Morgan fingerprint density at radius 2 is 2.00 bits per heavy atom. The third-order valence-electron chi connectivity index (χ3n) is 4.43. The van der Waals surface area contributed by atoms with Gasteiger partial charge in [0.15, 0.2) is 8.32 Å². The smallest absolute Gasteiger partial charge is 0.219 e. The minimum absolute atomic E-state index is 0.225. The van der Waals surface area contributed by atoms with Crippen molar-refractivity contribution in [2.75, 3.05) is 6.61 Å². The molecule has 0 aliphatic carbocycles. The van der Waals surface area contributed by atoms with Crippen molar-refractivity contribution in [1.82, 2.24) is 5.34 Å². The molecule has 0 saturated carbocycles. The molecule has 6 heteroatoms. The molecule has 0 aliphatic heterocycles. The molecule has 0 aromatic rings. The number of nitrogens with two attached hydrogens (primary N) is 1. The normalized spacial score (nSPS) is 15.8. The summed E-state index contributed by atoms with van der Waals surface area (Å²) in [7, 11) is -0.979. The van der Waals surface area contributed by atoms with Gasteiger partial charge in [-0.1, -0.05) is 33.7 Å². The lowest BCUT2D eigenvalue weighted by atomic mass is 9.76. The molecule has 0 aliphatic rings. The van der Waals surface area contributed by atoms with Crippen molar-refractivity contribution in [1.29, 1.82) is 0 Å². The van der Waals surface area contributed by atoms with Crippen LogP contribution in [0.25, 0.3) is 0 Å². The summed E-state index contributed by atoms with van der Waals surface area (Å²) in [4.78, 5) is 0. The van der Waals surface area contributed by atoms with Gasteiger partial charge in [-0.25, -0.2) is 0 Å². The van der Waals surface area contributed by atoms with Gasteiger partial charge in [-0.05, 0) is 43.0 Å². The standard InChI is InChI=1S/C14H33BN2O2Si/c1-11(12(2)18)13(10-15-17-16)8-9-19-20(6,7)14(3,4)5/h12-13,15,17-18H,1,8-10,16H2,2-7H3/t12-,13-/m1/s1. The summed E-state index contributed by atoms with van der Waals surface area (Å²) in [5.41, 5.74) is 0.874. The van der Waals surface area contributed by atoms with E-state index in [2.05, 4.69) is 45.8 Å². The number of rotatable bonds is 9. The van der Waals surface area contributed by atoms with Crippen LogP contribution in [0.1, 0.15) is 34.1 Å². The van der Waals surface area contributed by atoms with Crippen LogP contribution in [0.5, 0.6) is 0 Å². The van der Waals surface area contributed by atoms with E-state index in [-0.39, 0.29) is 11.0 Å². The summed E-state index contributed by atoms with van der Waals surface area (Å²) in [6, 6.07) is 0. The van der Waals surface area contributed by atoms with E-state index in [4.69, 9.17) is 10.3 Å². The van der Waals surface area contributed by atoms with Gasteiger partial charge in [0, 0.05) is 6.61 Å². The molecule has 4 N–H and O–H groups in total. The molecule has 118 valence electrons. The molecule has 2 atom stereocenters. The predicted octanol–water partition coefficient (Wildman–Crippen LogP) is 2.18. The summed E-state index contributed by atoms with van der Waals surface area (Å²) < 4.78 is 6.20. The highest BCUT2D eigenvalue weighted by Gasteiger charge is 2.37. The number of hydrogen-bond acceptors (Lipinski definition) is 4. The van der Waals surface area contributed by atoms with Crippen LogP contribution in [0, 0.1) is 5.92 Å². The van der Waals surface area contributed by atoms with Gasteiger partial charge in [-0.15, -0.1) is 0 Å². The maximum Gasteiger partial charge on any atom is 0.219 e. The van der Waals surface area contributed by atoms with Gasteiger partial charge in [-0.3, -0.25) is 5.84 Å². The Morgan fingerprint density at radius 1 is 1.45 bits per heavy atom. The second kappa shape index (κ2) is 8.34. The molecule has 20 heavy (non-hydrogen) atoms. The van der Waals surface area contributed by atoms with Crippen molar-refractivity contribution >= 4 is 15.7 Å². The van der Waals surface area contributed by atoms with Gasteiger partial charge in [0.2, 0.25) is 7.41 Å². The minimum Gasteiger partial charge on any atom is -0.417 e. The first-order valence-corrected chi connectivity index (χ1v) is 10.4. The zero-order valence-electron chi connectivity index (χ0n) is 14.1. The Hall–Kier alpha value is -0.138. The molecule has 0 fully saturated rings. The predicted molar refractivity (Wildman–Crippen MR) is 91.4 cm³/mol. The van der Waals surface area contributed by atoms with E-state index < -0.39 is 14.4 Å². The van der Waals surface area contributed by atoms with E-state index in [1.807, 2.05) is 0 Å². The van der Waals surface area contributed by atoms with Crippen LogP contribution in [0.15, 0.2) is 12.2 Å². The zero-order valence-corrected chi connectivity index (χ0v) is 15.1. The first-order chi connectivity index (χ1) is 9.03. The van der Waals surface area contributed by atoms with E-state index in [1.54, 1.807) is 6.92 Å². The average molecular weight is 300 g/mol. The van der Waals surface area contributed by atoms with Gasteiger partial charge in [0.25, 0.3) is 0 Å². The highest BCUT2D eigenvalue weighted by Crippen LogP contribution is 2.37. The number of hydrazine groups is 1. The maximum absolute atomic E-state index is 9.70. The van der Waals surface area contributed by atoms with E-state index >= 15 is 0 Å². The van der Waals surface area contributed by atoms with Gasteiger partial charge in [0.05, 0.1) is 6.10 Å². The van der Waals surface area contributed by atoms with E-state index in [0.29, 0.717) is 0 Å². The van der Waals surface area contributed by atoms with Crippen molar-refractivity contribution < 1.29 is 9.53 Å². The molecule has 0 heterocycles. The van der Waals surface area contributed by atoms with Crippen molar-refractivity contribution in [2.45, 2.75) is 64.7 Å². The van der Waals surface area contributed by atoms with E-state index in [9.17, 15) is 5.11 Å². The fraction of sp³-hybridized carbons (Fsp3) is 0.857. The molecule has 0 rings (SSSR count). The molecule has 0 aromatic carbocycles. The highest BCUT2D eigenvalue weighted by atomic mass is 28.4. The Balaban J connectivity index is 4.44. The highest BCUT2D eigenvalue weighted by molar-refractivity contribution is 6.74. The molecule has 0 bridgehead atoms. The van der Waals surface area contributed by atoms with Gasteiger partial charge in [0.1, 0.15) is 0 Å². The first kappa shape index (κ1) is 19.9. The topological polar surface area (TPSA) is 67.5 Å². The van der Waals surface area contributed by atoms with Crippen molar-refractivity contribution in [2.24, 2.45) is 11.8 Å². The number of hydrogen-bond donors (Lipinski definition) is 3. The average Bonchev–Trinajstić information content (AvgIpc) is 2.30. The van der Waals surface area contributed by atoms with Crippen LogP contribution in [0.4, 0.5) is 0 Å². The lowest BCUT2D eigenvalue weighted by Gasteiger charge is -2.36. The Bertz CT molecular complexity index is 304. The van der Waals surface area contributed by atoms with Gasteiger partial charge in [-0.2, -0.15) is 0 Å². The number of nitrogens with one attached hydrogen (secondary N) is 1. The molecule has 4 nitrogen and oxygen atoms in total. The molecule has 0 radical (unpaired) electrons. The lowest BCUT2D eigenvalue weighted by Crippen LogP contribution is -2.41. The van der Waals surface area contributed by atoms with Crippen LogP contribution in [-0.2, 0) is 4.43 Å². The van der Waals surface area contributed by atoms with Crippen LogP contribution >= 0.6 is 0 Å². The second-order valence-electron chi connectivity index (χ2n) is 7.09. The third-order valence-corrected chi connectivity index (χ3v) is 8.97. The zero-order chi connectivity index (χ0) is 16.0. The number of aliphatic hydroxyl groups is 1. The van der Waals surface area contributed by atoms with Crippen molar-refractivity contribution in [3.05, 3.63) is 12.2 Å². The second-order valence-corrected chi connectivity index (χ2v) is 11.9. The Morgan fingerprint density at radius 3 is 2.40 bits per heavy atom. The van der Waals surface area contributed by atoms with Crippen LogP contribution in [-0.4, -0.2) is 33.5 Å². The van der Waals surface area contributed by atoms with E-state index in [0.717, 1.165) is 32.3 Å². The molecule has 0 unspecified atom stereocenters. The summed E-state index contributed by atoms with van der Waals surface area (Å²) in [5.74, 6) is 5.59. The first-order valence-electron chi connectivity index (χ1n) is 7.47. The fourth-order valence-corrected chi connectivity index (χ4v) is 2.85. The molecule has 0 spiro atoms. The van der Waals surface area contributed by atoms with E-state index in [1.165, 1.54) is 0 Å². The summed E-state index contributed by atoms with van der Waals surface area (Å²) in [6.45, 7) is 17.7. The molecule has 0 aromatic heterocycles. The number of aliphatic hydroxyl groups excluding tert-OH is 1. The van der Waals surface area contributed by atoms with Crippen molar-refractivity contribution in [3.63, 3.8) is 0 Å². The third kappa shape index (κ3) is 6.54. The molecular weight excluding hydrogens is 267 g/mol. The van der Waals surface area contributed by atoms with Crippen molar-refractivity contribution in [3.8, 4) is 0 Å². The molecule has 0 saturated heterocycles. The van der Waals surface area contributed by atoms with Crippen LogP contribution in [0.3, 0.4) is 0 Å². The largest absolute Gasteiger partial charge is 0.417 e. The summed E-state index contributed by atoms with van der Waals surface area (Å²) in [6.07, 6.45) is 1.28. The molecule has 0 amide bonds. The fourth-order valence-electron chi connectivity index (χ4n) is 1.79. The van der Waals surface area contributed by atoms with Crippen LogP contribution in [0.2, 0.25) is 24.5 Å². The quantitative estimate of drug-likeness (QED) is 0.264. The summed E-state index contributed by atoms with van der Waals surface area (Å²) in [5, 5.41) is 12.6. The van der Waals surface area contributed by atoms with Crippen LogP contribution < -0.4 is 11.2 Å². The lowest BCUT2D eigenvalue weighted by molar-refractivity contribution is 0.207. The SMILES string of the molecule is C=C([C@@H](CBNN)CCO[Si](C)(C)C(C)(C)C)[C@@H](C)O. The van der Waals surface area contributed by atoms with Gasteiger partial charge >= 0.3 is 0 Å². The minimum atomic E-state index is -1.70. The molecular formula is C14H33BN2O2Si. The Kier molecular flexibility index (Phi) is 8.28. The Labute approximate surface area is 126 Å². The van der Waals surface area contributed by atoms with Gasteiger partial charge < -0.3 is 14.9 Å². The summed E-state index contributed by atoms with van der Waals surface area (Å²) >= 11 is 0.